The molecule has 25 heavy (non-hydrogen) atoms. The Morgan fingerprint density at radius 2 is 1.48 bits per heavy atom. The zero-order chi connectivity index (χ0) is 17.5. The number of benzene rings is 3. The molecule has 0 amide bonds. The highest BCUT2D eigenvalue weighted by Crippen LogP contribution is 2.16. The van der Waals surface area contributed by atoms with Crippen LogP contribution in [-0.2, 0) is 19.4 Å². The smallest absolute Gasteiger partial charge is 0.119 e. The van der Waals surface area contributed by atoms with Crippen LogP contribution < -0.4 is 10.1 Å². The zero-order valence-corrected chi connectivity index (χ0v) is 15.0. The highest BCUT2D eigenvalue weighted by atomic mass is 16.5. The Morgan fingerprint density at radius 1 is 0.760 bits per heavy atom. The SMILES string of the molecule is COc1cccc(CCc2ccc(CNc3cccc(C)c3)cc2)c1. The average Bonchev–Trinajstić information content (AvgIpc) is 2.66. The van der Waals surface area contributed by atoms with E-state index in [2.05, 4.69) is 72.9 Å². The highest BCUT2D eigenvalue weighted by molar-refractivity contribution is 5.46. The molecule has 0 unspecified atom stereocenters. The number of aryl methyl sites for hydroxylation is 3. The summed E-state index contributed by atoms with van der Waals surface area (Å²) in [6, 6.07) is 25.7. The topological polar surface area (TPSA) is 21.3 Å². The van der Waals surface area contributed by atoms with Gasteiger partial charge in [-0.3, -0.25) is 0 Å². The first-order valence-corrected chi connectivity index (χ1v) is 8.74. The van der Waals surface area contributed by atoms with Crippen molar-refractivity contribution in [1.29, 1.82) is 0 Å². The third kappa shape index (κ3) is 5.12. The van der Waals surface area contributed by atoms with Gasteiger partial charge in [0, 0.05) is 12.2 Å². The van der Waals surface area contributed by atoms with E-state index in [9.17, 15) is 0 Å². The van der Waals surface area contributed by atoms with Crippen LogP contribution in [0.3, 0.4) is 0 Å². The highest BCUT2D eigenvalue weighted by Gasteiger charge is 2.00. The fraction of sp³-hybridized carbons (Fsp3) is 0.217. The number of hydrogen-bond acceptors (Lipinski definition) is 2. The van der Waals surface area contributed by atoms with Gasteiger partial charge in [0.2, 0.25) is 0 Å². The molecule has 0 fully saturated rings. The Bertz CT molecular complexity index is 808. The largest absolute Gasteiger partial charge is 0.497 e. The van der Waals surface area contributed by atoms with Crippen LogP contribution in [0.15, 0.2) is 72.8 Å². The standard InChI is InChI=1S/C23H25NO/c1-18-5-3-7-22(15-18)24-17-21-13-10-19(11-14-21)9-12-20-6-4-8-23(16-20)25-2/h3-8,10-11,13-16,24H,9,12,17H2,1-2H3. The van der Waals surface area contributed by atoms with Crippen LogP contribution >= 0.6 is 0 Å². The fourth-order valence-corrected chi connectivity index (χ4v) is 2.90. The lowest BCUT2D eigenvalue weighted by atomic mass is 10.0. The van der Waals surface area contributed by atoms with Crippen LogP contribution in [0, 0.1) is 6.92 Å². The Morgan fingerprint density at radius 3 is 2.24 bits per heavy atom. The van der Waals surface area contributed by atoms with Gasteiger partial charge in [0.25, 0.3) is 0 Å². The predicted octanol–water partition coefficient (Wildman–Crippen LogP) is 5.40. The van der Waals surface area contributed by atoms with Gasteiger partial charge in [-0.05, 0) is 66.3 Å². The number of methoxy groups -OCH3 is 1. The first kappa shape index (κ1) is 17.1. The third-order valence-corrected chi connectivity index (χ3v) is 4.37. The van der Waals surface area contributed by atoms with E-state index in [-0.39, 0.29) is 0 Å². The molecule has 0 atom stereocenters. The molecule has 3 aromatic carbocycles. The van der Waals surface area contributed by atoms with Crippen molar-refractivity contribution in [2.75, 3.05) is 12.4 Å². The minimum atomic E-state index is 0.847. The van der Waals surface area contributed by atoms with E-state index in [0.717, 1.165) is 25.1 Å². The quantitative estimate of drug-likeness (QED) is 0.626. The summed E-state index contributed by atoms with van der Waals surface area (Å²) in [6.45, 7) is 2.96. The molecule has 0 saturated carbocycles. The second-order valence-corrected chi connectivity index (χ2v) is 6.39. The number of nitrogens with one attached hydrogen (secondary N) is 1. The zero-order valence-electron chi connectivity index (χ0n) is 15.0. The van der Waals surface area contributed by atoms with Gasteiger partial charge >= 0.3 is 0 Å². The van der Waals surface area contributed by atoms with Gasteiger partial charge in [-0.25, -0.2) is 0 Å². The molecule has 0 bridgehead atoms. The molecule has 1 N–H and O–H groups in total. The fourth-order valence-electron chi connectivity index (χ4n) is 2.90. The van der Waals surface area contributed by atoms with E-state index >= 15 is 0 Å². The maximum Gasteiger partial charge on any atom is 0.119 e. The lowest BCUT2D eigenvalue weighted by Gasteiger charge is -2.09. The molecule has 128 valence electrons. The second kappa shape index (κ2) is 8.39. The van der Waals surface area contributed by atoms with Gasteiger partial charge in [-0.1, -0.05) is 48.5 Å². The van der Waals surface area contributed by atoms with Gasteiger partial charge in [-0.2, -0.15) is 0 Å². The Balaban J connectivity index is 1.53. The molecule has 0 aliphatic carbocycles. The number of ether oxygens (including phenoxy) is 1. The van der Waals surface area contributed by atoms with Gasteiger partial charge in [0.05, 0.1) is 7.11 Å². The van der Waals surface area contributed by atoms with Crippen molar-refractivity contribution >= 4 is 5.69 Å². The number of hydrogen-bond donors (Lipinski definition) is 1. The molecule has 0 aliphatic rings. The normalized spacial score (nSPS) is 10.5. The van der Waals surface area contributed by atoms with Gasteiger partial charge in [-0.15, -0.1) is 0 Å². The second-order valence-electron chi connectivity index (χ2n) is 6.39. The predicted molar refractivity (Wildman–Crippen MR) is 105 cm³/mol. The van der Waals surface area contributed by atoms with Crippen molar-refractivity contribution in [3.8, 4) is 5.75 Å². The summed E-state index contributed by atoms with van der Waals surface area (Å²) in [7, 11) is 1.71. The third-order valence-electron chi connectivity index (χ3n) is 4.37. The summed E-state index contributed by atoms with van der Waals surface area (Å²) in [5.74, 6) is 0.926. The van der Waals surface area contributed by atoms with Crippen molar-refractivity contribution in [2.45, 2.75) is 26.3 Å². The van der Waals surface area contributed by atoms with Crippen molar-refractivity contribution in [2.24, 2.45) is 0 Å². The minimum Gasteiger partial charge on any atom is -0.497 e. The molecule has 0 heterocycles. The van der Waals surface area contributed by atoms with Crippen molar-refractivity contribution < 1.29 is 4.74 Å². The molecular weight excluding hydrogens is 306 g/mol. The maximum absolute atomic E-state index is 5.29. The minimum absolute atomic E-state index is 0.847. The molecule has 2 nitrogen and oxygen atoms in total. The van der Waals surface area contributed by atoms with E-state index in [0.29, 0.717) is 0 Å². The maximum atomic E-state index is 5.29. The van der Waals surface area contributed by atoms with Crippen LogP contribution in [0.1, 0.15) is 22.3 Å². The molecule has 0 aromatic heterocycles. The molecule has 3 rings (SSSR count). The lowest BCUT2D eigenvalue weighted by molar-refractivity contribution is 0.414. The summed E-state index contributed by atoms with van der Waals surface area (Å²) in [5.41, 5.74) is 6.42. The van der Waals surface area contributed by atoms with Gasteiger partial charge in [0.15, 0.2) is 0 Å². The van der Waals surface area contributed by atoms with E-state index < -0.39 is 0 Å². The monoisotopic (exact) mass is 331 g/mol. The molecule has 2 heteroatoms. The van der Waals surface area contributed by atoms with Crippen LogP contribution in [0.2, 0.25) is 0 Å². The summed E-state index contributed by atoms with van der Waals surface area (Å²) in [4.78, 5) is 0. The number of rotatable bonds is 7. The Hall–Kier alpha value is -2.74. The molecule has 0 saturated heterocycles. The first-order valence-electron chi connectivity index (χ1n) is 8.74. The van der Waals surface area contributed by atoms with Crippen molar-refractivity contribution in [3.63, 3.8) is 0 Å². The van der Waals surface area contributed by atoms with E-state index in [1.54, 1.807) is 7.11 Å². The van der Waals surface area contributed by atoms with Gasteiger partial charge in [0.1, 0.15) is 5.75 Å². The summed E-state index contributed by atoms with van der Waals surface area (Å²) in [5, 5.41) is 3.48. The molecule has 3 aromatic rings. The van der Waals surface area contributed by atoms with E-state index in [4.69, 9.17) is 4.74 Å². The Labute approximate surface area is 150 Å². The average molecular weight is 331 g/mol. The lowest BCUT2D eigenvalue weighted by Crippen LogP contribution is -2.00. The summed E-state index contributed by atoms with van der Waals surface area (Å²) >= 11 is 0. The molecule has 0 aliphatic heterocycles. The molecule has 0 radical (unpaired) electrons. The van der Waals surface area contributed by atoms with E-state index in [1.807, 2.05) is 12.1 Å². The van der Waals surface area contributed by atoms with Crippen LogP contribution in [0.25, 0.3) is 0 Å². The number of anilines is 1. The summed E-state index contributed by atoms with van der Waals surface area (Å²) < 4.78 is 5.29. The van der Waals surface area contributed by atoms with Gasteiger partial charge < -0.3 is 10.1 Å². The van der Waals surface area contributed by atoms with Crippen LogP contribution in [-0.4, -0.2) is 7.11 Å². The van der Waals surface area contributed by atoms with Crippen LogP contribution in [0.5, 0.6) is 5.75 Å². The Kier molecular flexibility index (Phi) is 5.73. The van der Waals surface area contributed by atoms with Crippen molar-refractivity contribution in [1.82, 2.24) is 0 Å². The van der Waals surface area contributed by atoms with Crippen molar-refractivity contribution in [3.05, 3.63) is 95.1 Å². The molecular formula is C23H25NO. The molecule has 0 spiro atoms. The summed E-state index contributed by atoms with van der Waals surface area (Å²) in [6.07, 6.45) is 2.07. The van der Waals surface area contributed by atoms with Crippen LogP contribution in [0.4, 0.5) is 5.69 Å². The van der Waals surface area contributed by atoms with E-state index in [1.165, 1.54) is 27.9 Å². The first-order chi connectivity index (χ1) is 12.2.